The minimum Gasteiger partial charge on any atom is -0.490 e. The second-order valence-electron chi connectivity index (χ2n) is 7.53. The van der Waals surface area contributed by atoms with Crippen LogP contribution >= 0.6 is 11.6 Å². The summed E-state index contributed by atoms with van der Waals surface area (Å²) >= 11 is 6.50. The Bertz CT molecular complexity index is 1210. The summed E-state index contributed by atoms with van der Waals surface area (Å²) < 4.78 is 11.7. The second-order valence-corrected chi connectivity index (χ2v) is 7.94. The summed E-state index contributed by atoms with van der Waals surface area (Å²) in [5.74, 6) is 0.357. The van der Waals surface area contributed by atoms with E-state index in [0.717, 1.165) is 16.7 Å². The number of amides is 1. The molecule has 0 saturated heterocycles. The van der Waals surface area contributed by atoms with Gasteiger partial charge in [0.25, 0.3) is 5.91 Å². The quantitative estimate of drug-likeness (QED) is 0.308. The van der Waals surface area contributed by atoms with Crippen LogP contribution < -0.4 is 14.8 Å². The molecule has 0 aliphatic rings. The molecule has 0 spiro atoms. The monoisotopic (exact) mass is 460 g/mol. The highest BCUT2D eigenvalue weighted by molar-refractivity contribution is 6.32. The summed E-state index contributed by atoms with van der Waals surface area (Å²) in [5.41, 5.74) is 4.34. The van der Waals surface area contributed by atoms with Gasteiger partial charge in [0.15, 0.2) is 11.5 Å². The first-order valence-electron chi connectivity index (χ1n) is 10.5. The molecule has 3 aromatic rings. The lowest BCUT2D eigenvalue weighted by Crippen LogP contribution is -2.13. The first kappa shape index (κ1) is 23.9. The topological polar surface area (TPSA) is 71.3 Å². The van der Waals surface area contributed by atoms with Gasteiger partial charge in [-0.2, -0.15) is 5.26 Å². The number of benzene rings is 3. The number of hydrogen-bond donors (Lipinski definition) is 1. The molecule has 0 bridgehead atoms. The molecule has 0 unspecified atom stereocenters. The summed E-state index contributed by atoms with van der Waals surface area (Å²) in [6.07, 6.45) is 1.47. The first-order valence-corrected chi connectivity index (χ1v) is 10.9. The molecule has 1 amide bonds. The van der Waals surface area contributed by atoms with E-state index < -0.39 is 5.91 Å². The van der Waals surface area contributed by atoms with Crippen molar-refractivity contribution in [2.75, 3.05) is 11.9 Å². The van der Waals surface area contributed by atoms with Crippen molar-refractivity contribution in [3.05, 3.63) is 93.5 Å². The van der Waals surface area contributed by atoms with E-state index >= 15 is 0 Å². The van der Waals surface area contributed by atoms with Gasteiger partial charge >= 0.3 is 0 Å². The van der Waals surface area contributed by atoms with Crippen LogP contribution in [-0.4, -0.2) is 12.5 Å². The summed E-state index contributed by atoms with van der Waals surface area (Å²) in [5, 5.41) is 12.6. The predicted octanol–water partition coefficient (Wildman–Crippen LogP) is 6.48. The molecular formula is C27H25ClN2O3. The van der Waals surface area contributed by atoms with E-state index in [0.29, 0.717) is 41.0 Å². The van der Waals surface area contributed by atoms with Crippen molar-refractivity contribution in [3.8, 4) is 17.6 Å². The molecule has 1 N–H and O–H groups in total. The molecular weight excluding hydrogens is 436 g/mol. The van der Waals surface area contributed by atoms with Gasteiger partial charge in [-0.1, -0.05) is 59.1 Å². The number of aryl methyl sites for hydroxylation is 2. The lowest BCUT2D eigenvalue weighted by molar-refractivity contribution is -0.112. The molecule has 0 aromatic heterocycles. The summed E-state index contributed by atoms with van der Waals surface area (Å²) in [6, 6.07) is 20.6. The van der Waals surface area contributed by atoms with Crippen molar-refractivity contribution in [1.82, 2.24) is 0 Å². The Morgan fingerprint density at radius 1 is 1.06 bits per heavy atom. The van der Waals surface area contributed by atoms with Crippen molar-refractivity contribution in [3.63, 3.8) is 0 Å². The third-order valence-electron chi connectivity index (χ3n) is 4.78. The molecule has 0 atom stereocenters. The smallest absolute Gasteiger partial charge is 0.266 e. The number of halogens is 1. The number of rotatable bonds is 8. The molecule has 6 heteroatoms. The predicted molar refractivity (Wildman–Crippen MR) is 132 cm³/mol. The van der Waals surface area contributed by atoms with Gasteiger partial charge < -0.3 is 14.8 Å². The minimum atomic E-state index is -0.504. The SMILES string of the molecule is CCOc1cc(/C=C(\C#N)C(=O)Nc2ccc(C)cc2)cc(Cl)c1OCc1cccc(C)c1. The molecule has 0 fully saturated rings. The maximum absolute atomic E-state index is 12.6. The van der Waals surface area contributed by atoms with Gasteiger partial charge in [0.2, 0.25) is 0 Å². The molecule has 33 heavy (non-hydrogen) atoms. The molecule has 5 nitrogen and oxygen atoms in total. The van der Waals surface area contributed by atoms with E-state index in [1.807, 2.05) is 63.2 Å². The van der Waals surface area contributed by atoms with Gasteiger partial charge in [0, 0.05) is 5.69 Å². The van der Waals surface area contributed by atoms with Crippen molar-refractivity contribution >= 4 is 29.3 Å². The van der Waals surface area contributed by atoms with E-state index in [1.165, 1.54) is 6.08 Å². The van der Waals surface area contributed by atoms with Gasteiger partial charge in [0.05, 0.1) is 11.6 Å². The largest absolute Gasteiger partial charge is 0.490 e. The van der Waals surface area contributed by atoms with Crippen molar-refractivity contribution in [2.45, 2.75) is 27.4 Å². The number of hydrogen-bond acceptors (Lipinski definition) is 4. The first-order chi connectivity index (χ1) is 15.9. The summed E-state index contributed by atoms with van der Waals surface area (Å²) in [6.45, 7) is 6.57. The van der Waals surface area contributed by atoms with Crippen LogP contribution in [0.2, 0.25) is 5.02 Å². The Morgan fingerprint density at radius 3 is 2.48 bits per heavy atom. The standard InChI is InChI=1S/C27H25ClN2O3/c1-4-32-25-15-21(13-22(16-29)27(31)30-23-10-8-18(2)9-11-23)14-24(28)26(25)33-17-20-7-5-6-19(3)12-20/h5-15H,4,17H2,1-3H3,(H,30,31)/b22-13+. The van der Waals surface area contributed by atoms with Crippen LogP contribution in [0.3, 0.4) is 0 Å². The number of nitrogens with one attached hydrogen (secondary N) is 1. The van der Waals surface area contributed by atoms with Crippen LogP contribution in [0.15, 0.2) is 66.2 Å². The Hall–Kier alpha value is -3.75. The van der Waals surface area contributed by atoms with Gasteiger partial charge in [0.1, 0.15) is 18.2 Å². The average molecular weight is 461 g/mol. The molecule has 0 radical (unpaired) electrons. The van der Waals surface area contributed by atoms with E-state index in [1.54, 1.807) is 24.3 Å². The van der Waals surface area contributed by atoms with Crippen molar-refractivity contribution in [1.29, 1.82) is 5.26 Å². The molecule has 3 rings (SSSR count). The molecule has 0 aliphatic carbocycles. The zero-order valence-electron chi connectivity index (χ0n) is 18.8. The van der Waals surface area contributed by atoms with E-state index in [2.05, 4.69) is 5.32 Å². The number of carbonyl (C=O) groups is 1. The van der Waals surface area contributed by atoms with E-state index in [-0.39, 0.29) is 5.57 Å². The van der Waals surface area contributed by atoms with Crippen LogP contribution in [0.5, 0.6) is 11.5 Å². The maximum Gasteiger partial charge on any atom is 0.266 e. The zero-order valence-corrected chi connectivity index (χ0v) is 19.6. The van der Waals surface area contributed by atoms with Crippen LogP contribution in [0.4, 0.5) is 5.69 Å². The average Bonchev–Trinajstić information content (AvgIpc) is 2.78. The Balaban J connectivity index is 1.84. The highest BCUT2D eigenvalue weighted by Gasteiger charge is 2.15. The minimum absolute atomic E-state index is 0.0532. The molecule has 3 aromatic carbocycles. The Kier molecular flexibility index (Phi) is 8.12. The van der Waals surface area contributed by atoms with Gasteiger partial charge in [-0.3, -0.25) is 4.79 Å². The molecule has 0 saturated carbocycles. The van der Waals surface area contributed by atoms with Crippen molar-refractivity contribution < 1.29 is 14.3 Å². The molecule has 0 heterocycles. The highest BCUT2D eigenvalue weighted by atomic mass is 35.5. The van der Waals surface area contributed by atoms with Gasteiger partial charge in [-0.15, -0.1) is 0 Å². The second kappa shape index (κ2) is 11.2. The van der Waals surface area contributed by atoms with Crippen molar-refractivity contribution in [2.24, 2.45) is 0 Å². The number of nitriles is 1. The van der Waals surface area contributed by atoms with Crippen LogP contribution in [0.1, 0.15) is 29.2 Å². The van der Waals surface area contributed by atoms with Crippen LogP contribution in [-0.2, 0) is 11.4 Å². The Labute approximate surface area is 199 Å². The zero-order chi connectivity index (χ0) is 23.8. The van der Waals surface area contributed by atoms with Crippen LogP contribution in [0, 0.1) is 25.2 Å². The normalized spacial score (nSPS) is 10.9. The van der Waals surface area contributed by atoms with Crippen LogP contribution in [0.25, 0.3) is 6.08 Å². The lowest BCUT2D eigenvalue weighted by Gasteiger charge is -2.15. The number of anilines is 1. The fraction of sp³-hybridized carbons (Fsp3) is 0.185. The number of nitrogens with zero attached hydrogens (tertiary/aromatic N) is 1. The molecule has 168 valence electrons. The van der Waals surface area contributed by atoms with Gasteiger partial charge in [-0.05, 0) is 62.2 Å². The Morgan fingerprint density at radius 2 is 1.82 bits per heavy atom. The molecule has 0 aliphatic heterocycles. The third kappa shape index (κ3) is 6.61. The fourth-order valence-corrected chi connectivity index (χ4v) is 3.46. The summed E-state index contributed by atoms with van der Waals surface area (Å²) in [7, 11) is 0. The summed E-state index contributed by atoms with van der Waals surface area (Å²) in [4.78, 5) is 12.6. The third-order valence-corrected chi connectivity index (χ3v) is 5.06. The fourth-order valence-electron chi connectivity index (χ4n) is 3.18. The van der Waals surface area contributed by atoms with E-state index in [4.69, 9.17) is 21.1 Å². The number of ether oxygens (including phenoxy) is 2. The highest BCUT2D eigenvalue weighted by Crippen LogP contribution is 2.38. The maximum atomic E-state index is 12.6. The van der Waals surface area contributed by atoms with E-state index in [9.17, 15) is 10.1 Å². The van der Waals surface area contributed by atoms with Gasteiger partial charge in [-0.25, -0.2) is 0 Å². The number of carbonyl (C=O) groups excluding carboxylic acids is 1. The lowest BCUT2D eigenvalue weighted by atomic mass is 10.1.